The first-order valence-electron chi connectivity index (χ1n) is 10.8. The van der Waals surface area contributed by atoms with Crippen LogP contribution in [0.4, 0.5) is 5.69 Å². The summed E-state index contributed by atoms with van der Waals surface area (Å²) in [4.78, 5) is 17.9. The van der Waals surface area contributed by atoms with Gasteiger partial charge in [-0.3, -0.25) is 9.69 Å². The third-order valence-electron chi connectivity index (χ3n) is 6.41. The van der Waals surface area contributed by atoms with Gasteiger partial charge in [-0.05, 0) is 61.6 Å². The average Bonchev–Trinajstić information content (AvgIpc) is 3.15. The summed E-state index contributed by atoms with van der Waals surface area (Å²) in [6.07, 6.45) is 2.75. The van der Waals surface area contributed by atoms with Crippen molar-refractivity contribution >= 4 is 11.6 Å². The lowest BCUT2D eigenvalue weighted by molar-refractivity contribution is -0.158. The van der Waals surface area contributed by atoms with Crippen molar-refractivity contribution in [3.8, 4) is 11.5 Å². The number of ether oxygens (including phenoxy) is 3. The highest BCUT2D eigenvalue weighted by atomic mass is 16.7. The first-order valence-corrected chi connectivity index (χ1v) is 10.8. The molecule has 1 spiro atoms. The molecule has 0 aliphatic carbocycles. The number of morpholine rings is 1. The van der Waals surface area contributed by atoms with E-state index in [4.69, 9.17) is 14.2 Å². The van der Waals surface area contributed by atoms with Gasteiger partial charge in [-0.25, -0.2) is 0 Å². The number of rotatable bonds is 3. The number of aryl methyl sites for hydroxylation is 1. The lowest BCUT2D eigenvalue weighted by Gasteiger charge is -2.43. The second-order valence-electron chi connectivity index (χ2n) is 8.43. The van der Waals surface area contributed by atoms with Gasteiger partial charge in [-0.15, -0.1) is 0 Å². The molecule has 0 bridgehead atoms. The Labute approximate surface area is 177 Å². The van der Waals surface area contributed by atoms with Crippen LogP contribution in [0.25, 0.3) is 0 Å². The van der Waals surface area contributed by atoms with Crippen LogP contribution in [-0.4, -0.2) is 49.4 Å². The standard InChI is InChI=1S/C24H28N2O4/c1-18-13-21-22(29-17-28-21)14-19(18)15-25-11-12-30-24(16-25)9-5-6-10-26(23(24)27)20-7-3-2-4-8-20/h2-4,7-8,13-14H,5-6,9-12,15-17H2,1H3. The first kappa shape index (κ1) is 19.4. The Kier molecular flexibility index (Phi) is 5.13. The maximum absolute atomic E-state index is 13.7. The molecule has 1 atom stereocenters. The largest absolute Gasteiger partial charge is 0.454 e. The Bertz CT molecular complexity index is 932. The molecule has 2 aromatic carbocycles. The molecule has 1 amide bonds. The molecule has 0 aromatic heterocycles. The summed E-state index contributed by atoms with van der Waals surface area (Å²) in [7, 11) is 0. The fraction of sp³-hybridized carbons (Fsp3) is 0.458. The van der Waals surface area contributed by atoms with Gasteiger partial charge in [-0.1, -0.05) is 18.2 Å². The molecule has 6 nitrogen and oxygen atoms in total. The van der Waals surface area contributed by atoms with Gasteiger partial charge in [-0.2, -0.15) is 0 Å². The van der Waals surface area contributed by atoms with E-state index >= 15 is 0 Å². The number of hydrogen-bond acceptors (Lipinski definition) is 5. The number of fused-ring (bicyclic) bond motifs is 1. The smallest absolute Gasteiger partial charge is 0.260 e. The number of carbonyl (C=O) groups excluding carboxylic acids is 1. The SMILES string of the molecule is Cc1cc2c(cc1CN1CCOC3(CCCCN(c4ccccc4)C3=O)C1)OCO2. The predicted molar refractivity (Wildman–Crippen MR) is 114 cm³/mol. The molecule has 6 heteroatoms. The van der Waals surface area contributed by atoms with E-state index in [9.17, 15) is 4.79 Å². The maximum Gasteiger partial charge on any atom is 0.260 e. The highest BCUT2D eigenvalue weighted by molar-refractivity contribution is 6.00. The Morgan fingerprint density at radius 1 is 1.03 bits per heavy atom. The van der Waals surface area contributed by atoms with Gasteiger partial charge in [0.15, 0.2) is 17.1 Å². The van der Waals surface area contributed by atoms with E-state index in [1.54, 1.807) is 0 Å². The van der Waals surface area contributed by atoms with Gasteiger partial charge in [0.05, 0.1) is 6.61 Å². The minimum Gasteiger partial charge on any atom is -0.454 e. The van der Waals surface area contributed by atoms with Crippen LogP contribution in [0.5, 0.6) is 11.5 Å². The Morgan fingerprint density at radius 3 is 2.67 bits per heavy atom. The molecule has 1 unspecified atom stereocenters. The molecular weight excluding hydrogens is 380 g/mol. The average molecular weight is 408 g/mol. The zero-order chi connectivity index (χ0) is 20.6. The van der Waals surface area contributed by atoms with Crippen molar-refractivity contribution in [1.29, 1.82) is 0 Å². The zero-order valence-corrected chi connectivity index (χ0v) is 17.4. The third-order valence-corrected chi connectivity index (χ3v) is 6.41. The van der Waals surface area contributed by atoms with E-state index in [2.05, 4.69) is 17.9 Å². The molecular formula is C24H28N2O4. The summed E-state index contributed by atoms with van der Waals surface area (Å²) in [5, 5.41) is 0. The molecule has 2 saturated heterocycles. The summed E-state index contributed by atoms with van der Waals surface area (Å²) in [6.45, 7) is 5.89. The van der Waals surface area contributed by atoms with Crippen molar-refractivity contribution in [3.05, 3.63) is 53.6 Å². The topological polar surface area (TPSA) is 51.2 Å². The zero-order valence-electron chi connectivity index (χ0n) is 17.4. The highest BCUT2D eigenvalue weighted by Gasteiger charge is 2.47. The Hall–Kier alpha value is -2.57. The van der Waals surface area contributed by atoms with Crippen molar-refractivity contribution < 1.29 is 19.0 Å². The number of anilines is 1. The van der Waals surface area contributed by atoms with Crippen LogP contribution in [0.1, 0.15) is 30.4 Å². The number of amides is 1. The van der Waals surface area contributed by atoms with Gasteiger partial charge in [0.2, 0.25) is 6.79 Å². The fourth-order valence-corrected chi connectivity index (χ4v) is 4.76. The van der Waals surface area contributed by atoms with Crippen LogP contribution >= 0.6 is 0 Å². The lowest BCUT2D eigenvalue weighted by Crippen LogP contribution is -2.59. The van der Waals surface area contributed by atoms with E-state index in [-0.39, 0.29) is 12.7 Å². The Balaban J connectivity index is 1.38. The molecule has 0 radical (unpaired) electrons. The van der Waals surface area contributed by atoms with E-state index in [0.29, 0.717) is 13.2 Å². The number of para-hydroxylation sites is 1. The van der Waals surface area contributed by atoms with Crippen molar-refractivity contribution in [3.63, 3.8) is 0 Å². The molecule has 158 valence electrons. The third kappa shape index (κ3) is 3.55. The molecule has 2 fully saturated rings. The van der Waals surface area contributed by atoms with Crippen LogP contribution in [0.15, 0.2) is 42.5 Å². The van der Waals surface area contributed by atoms with Crippen LogP contribution < -0.4 is 14.4 Å². The van der Waals surface area contributed by atoms with Crippen LogP contribution in [0, 0.1) is 6.92 Å². The van der Waals surface area contributed by atoms with Crippen molar-refractivity contribution in [2.45, 2.75) is 38.3 Å². The second kappa shape index (κ2) is 7.93. The number of benzene rings is 2. The van der Waals surface area contributed by atoms with Crippen LogP contribution in [0.3, 0.4) is 0 Å². The van der Waals surface area contributed by atoms with Crippen molar-refractivity contribution in [1.82, 2.24) is 4.90 Å². The first-order chi connectivity index (χ1) is 14.6. The number of carbonyl (C=O) groups is 1. The van der Waals surface area contributed by atoms with Crippen LogP contribution in [0.2, 0.25) is 0 Å². The molecule has 2 aromatic rings. The van der Waals surface area contributed by atoms with E-state index in [1.165, 1.54) is 11.1 Å². The molecule has 5 rings (SSSR count). The quantitative estimate of drug-likeness (QED) is 0.778. The normalized spacial score (nSPS) is 24.3. The molecule has 30 heavy (non-hydrogen) atoms. The fourth-order valence-electron chi connectivity index (χ4n) is 4.76. The van der Waals surface area contributed by atoms with Crippen LogP contribution in [-0.2, 0) is 16.1 Å². The highest BCUT2D eigenvalue weighted by Crippen LogP contribution is 2.36. The summed E-state index contributed by atoms with van der Waals surface area (Å²) in [5.74, 6) is 1.71. The number of nitrogens with zero attached hydrogens (tertiary/aromatic N) is 2. The van der Waals surface area contributed by atoms with Gasteiger partial charge in [0.25, 0.3) is 5.91 Å². The maximum atomic E-state index is 13.7. The summed E-state index contributed by atoms with van der Waals surface area (Å²) >= 11 is 0. The second-order valence-corrected chi connectivity index (χ2v) is 8.43. The monoisotopic (exact) mass is 408 g/mol. The number of hydrogen-bond donors (Lipinski definition) is 0. The minimum atomic E-state index is -0.769. The van der Waals surface area contributed by atoms with Gasteiger partial charge < -0.3 is 19.1 Å². The van der Waals surface area contributed by atoms with E-state index in [0.717, 1.165) is 56.1 Å². The molecule has 0 N–H and O–H groups in total. The van der Waals surface area contributed by atoms with Gasteiger partial charge >= 0.3 is 0 Å². The summed E-state index contributed by atoms with van der Waals surface area (Å²) in [5.41, 5.74) is 2.57. The van der Waals surface area contributed by atoms with Crippen molar-refractivity contribution in [2.24, 2.45) is 0 Å². The summed E-state index contributed by atoms with van der Waals surface area (Å²) < 4.78 is 17.3. The molecule has 3 heterocycles. The van der Waals surface area contributed by atoms with E-state index < -0.39 is 5.60 Å². The van der Waals surface area contributed by atoms with Crippen molar-refractivity contribution in [2.75, 3.05) is 37.9 Å². The molecule has 3 aliphatic rings. The van der Waals surface area contributed by atoms with Gasteiger partial charge in [0, 0.05) is 31.9 Å². The van der Waals surface area contributed by atoms with Gasteiger partial charge in [0.1, 0.15) is 0 Å². The summed E-state index contributed by atoms with van der Waals surface area (Å²) in [6, 6.07) is 14.1. The predicted octanol–water partition coefficient (Wildman–Crippen LogP) is 3.51. The lowest BCUT2D eigenvalue weighted by atomic mass is 9.93. The minimum absolute atomic E-state index is 0.0957. The molecule has 3 aliphatic heterocycles. The Morgan fingerprint density at radius 2 is 1.83 bits per heavy atom. The van der Waals surface area contributed by atoms with E-state index in [1.807, 2.05) is 41.3 Å². The molecule has 0 saturated carbocycles.